The quantitative estimate of drug-likeness (QED) is 0.605. The molecule has 2 aromatic heterocycles. The number of thiazole rings is 1. The van der Waals surface area contributed by atoms with Crippen LogP contribution in [-0.2, 0) is 11.0 Å². The van der Waals surface area contributed by atoms with Crippen molar-refractivity contribution in [3.63, 3.8) is 0 Å². The van der Waals surface area contributed by atoms with E-state index >= 15 is 0 Å². The number of nitriles is 1. The Morgan fingerprint density at radius 2 is 2.16 bits per heavy atom. The number of halogens is 3. The standard InChI is InChI=1S/C20H17F3N4O3S/c1-9(25-10(2)28)17-7-15(27-30-17)11-5-12(6-11)29-16-4-3-14-18(13(16)8-24)31-19(26-14)20(21,22)23/h3-4,7,9,11-12H,5-6H2,1-2H3,(H,25,28)/t9-,11?,12?/m0/s1. The van der Waals surface area contributed by atoms with Gasteiger partial charge in [0.2, 0.25) is 5.91 Å². The first-order chi connectivity index (χ1) is 14.7. The van der Waals surface area contributed by atoms with E-state index in [4.69, 9.17) is 9.26 Å². The average Bonchev–Trinajstić information content (AvgIpc) is 3.30. The van der Waals surface area contributed by atoms with E-state index in [-0.39, 0.29) is 45.5 Å². The van der Waals surface area contributed by atoms with Crippen LogP contribution >= 0.6 is 11.3 Å². The highest BCUT2D eigenvalue weighted by Gasteiger charge is 2.37. The molecule has 1 amide bonds. The molecule has 0 unspecified atom stereocenters. The average molecular weight is 450 g/mol. The summed E-state index contributed by atoms with van der Waals surface area (Å²) < 4.78 is 50.2. The van der Waals surface area contributed by atoms with Crippen molar-refractivity contribution in [1.29, 1.82) is 5.26 Å². The van der Waals surface area contributed by atoms with Crippen LogP contribution in [0.3, 0.4) is 0 Å². The summed E-state index contributed by atoms with van der Waals surface area (Å²) in [6, 6.07) is 6.36. The summed E-state index contributed by atoms with van der Waals surface area (Å²) in [7, 11) is 0. The number of nitrogens with one attached hydrogen (secondary N) is 1. The number of hydrogen-bond donors (Lipinski definition) is 1. The van der Waals surface area contributed by atoms with E-state index in [2.05, 4.69) is 15.5 Å². The van der Waals surface area contributed by atoms with E-state index in [0.717, 1.165) is 5.69 Å². The van der Waals surface area contributed by atoms with E-state index < -0.39 is 11.2 Å². The Morgan fingerprint density at radius 1 is 1.42 bits per heavy atom. The van der Waals surface area contributed by atoms with Crippen LogP contribution in [0, 0.1) is 11.3 Å². The van der Waals surface area contributed by atoms with Gasteiger partial charge in [-0.05, 0) is 31.9 Å². The monoisotopic (exact) mass is 450 g/mol. The van der Waals surface area contributed by atoms with Crippen molar-refractivity contribution in [3.8, 4) is 11.8 Å². The SMILES string of the molecule is CC(=O)N[C@@H](C)c1cc(C2CC(Oc3ccc4nc(C(F)(F)F)sc4c3C#N)C2)no1. The van der Waals surface area contributed by atoms with Crippen molar-refractivity contribution in [2.45, 2.75) is 50.9 Å². The molecule has 0 bridgehead atoms. The molecule has 0 saturated heterocycles. The number of rotatable bonds is 5. The van der Waals surface area contributed by atoms with Gasteiger partial charge in [0.25, 0.3) is 0 Å². The summed E-state index contributed by atoms with van der Waals surface area (Å²) in [4.78, 5) is 14.7. The van der Waals surface area contributed by atoms with Crippen molar-refractivity contribution in [2.75, 3.05) is 0 Å². The normalized spacial score (nSPS) is 19.5. The third kappa shape index (κ3) is 4.20. The van der Waals surface area contributed by atoms with Crippen LogP contribution in [0.2, 0.25) is 0 Å². The van der Waals surface area contributed by atoms with Crippen LogP contribution in [0.5, 0.6) is 5.75 Å². The van der Waals surface area contributed by atoms with Gasteiger partial charge in [0.15, 0.2) is 10.8 Å². The topological polar surface area (TPSA) is 101 Å². The molecule has 31 heavy (non-hydrogen) atoms. The molecule has 162 valence electrons. The van der Waals surface area contributed by atoms with Gasteiger partial charge in [0.1, 0.15) is 23.5 Å². The Bertz CT molecular complexity index is 1170. The number of ether oxygens (including phenoxy) is 1. The molecule has 0 radical (unpaired) electrons. The summed E-state index contributed by atoms with van der Waals surface area (Å²) in [6.45, 7) is 3.21. The maximum atomic E-state index is 13.0. The lowest BCUT2D eigenvalue weighted by Gasteiger charge is -2.34. The van der Waals surface area contributed by atoms with Crippen LogP contribution < -0.4 is 10.1 Å². The Balaban J connectivity index is 1.44. The number of nitrogens with zero attached hydrogens (tertiary/aromatic N) is 3. The van der Waals surface area contributed by atoms with Crippen molar-refractivity contribution >= 4 is 27.5 Å². The summed E-state index contributed by atoms with van der Waals surface area (Å²) in [5.41, 5.74) is 0.929. The molecule has 1 saturated carbocycles. The lowest BCUT2D eigenvalue weighted by molar-refractivity contribution is -0.137. The number of carbonyl (C=O) groups is 1. The molecule has 1 aliphatic rings. The highest BCUT2D eigenvalue weighted by molar-refractivity contribution is 7.19. The molecule has 0 aliphatic heterocycles. The third-order valence-corrected chi connectivity index (χ3v) is 6.21. The molecule has 2 heterocycles. The summed E-state index contributed by atoms with van der Waals surface area (Å²) in [5.74, 6) is 0.728. The van der Waals surface area contributed by atoms with Gasteiger partial charge < -0.3 is 14.6 Å². The summed E-state index contributed by atoms with van der Waals surface area (Å²) in [5, 5.41) is 15.3. The van der Waals surface area contributed by atoms with Gasteiger partial charge in [-0.2, -0.15) is 18.4 Å². The number of fused-ring (bicyclic) bond motifs is 1. The number of aromatic nitrogens is 2. The second-order valence-electron chi connectivity index (χ2n) is 7.40. The minimum Gasteiger partial charge on any atom is -0.489 e. The van der Waals surface area contributed by atoms with E-state index in [0.29, 0.717) is 29.9 Å². The minimum absolute atomic E-state index is 0.0572. The predicted molar refractivity (Wildman–Crippen MR) is 104 cm³/mol. The molecule has 1 atom stereocenters. The molecule has 7 nitrogen and oxygen atoms in total. The first kappa shape index (κ1) is 21.1. The Labute approximate surface area is 178 Å². The van der Waals surface area contributed by atoms with Crippen molar-refractivity contribution in [1.82, 2.24) is 15.5 Å². The van der Waals surface area contributed by atoms with Crippen molar-refractivity contribution in [3.05, 3.63) is 40.2 Å². The van der Waals surface area contributed by atoms with Crippen LogP contribution in [0.15, 0.2) is 22.7 Å². The minimum atomic E-state index is -4.56. The second-order valence-corrected chi connectivity index (χ2v) is 8.40. The molecule has 1 aromatic carbocycles. The summed E-state index contributed by atoms with van der Waals surface area (Å²) in [6.07, 6.45) is -3.51. The lowest BCUT2D eigenvalue weighted by atomic mass is 9.80. The number of hydrogen-bond acceptors (Lipinski definition) is 7. The van der Waals surface area contributed by atoms with E-state index in [1.54, 1.807) is 13.0 Å². The molecule has 11 heteroatoms. The highest BCUT2D eigenvalue weighted by atomic mass is 32.1. The van der Waals surface area contributed by atoms with Crippen LogP contribution in [-0.4, -0.2) is 22.2 Å². The zero-order chi connectivity index (χ0) is 22.3. The first-order valence-corrected chi connectivity index (χ1v) is 10.3. The van der Waals surface area contributed by atoms with E-state index in [1.807, 2.05) is 6.07 Å². The Morgan fingerprint density at radius 3 is 2.81 bits per heavy atom. The number of amides is 1. The van der Waals surface area contributed by atoms with Gasteiger partial charge in [-0.1, -0.05) is 5.16 Å². The van der Waals surface area contributed by atoms with Gasteiger partial charge >= 0.3 is 6.18 Å². The van der Waals surface area contributed by atoms with Crippen molar-refractivity contribution in [2.24, 2.45) is 0 Å². The zero-order valence-corrected chi connectivity index (χ0v) is 17.3. The Kier molecular flexibility index (Phi) is 5.35. The van der Waals surface area contributed by atoms with Crippen molar-refractivity contribution < 1.29 is 27.2 Å². The van der Waals surface area contributed by atoms with Gasteiger partial charge in [0, 0.05) is 18.9 Å². The number of carbonyl (C=O) groups excluding carboxylic acids is 1. The second kappa shape index (κ2) is 7.85. The molecule has 1 fully saturated rings. The molecule has 0 spiro atoms. The maximum Gasteiger partial charge on any atom is 0.443 e. The third-order valence-electron chi connectivity index (χ3n) is 5.07. The maximum absolute atomic E-state index is 13.0. The fourth-order valence-electron chi connectivity index (χ4n) is 3.46. The van der Waals surface area contributed by atoms with Gasteiger partial charge in [-0.3, -0.25) is 4.79 Å². The molecular formula is C20H17F3N4O3S. The van der Waals surface area contributed by atoms with Crippen LogP contribution in [0.4, 0.5) is 13.2 Å². The fourth-order valence-corrected chi connectivity index (χ4v) is 4.38. The lowest BCUT2D eigenvalue weighted by Crippen LogP contribution is -2.32. The summed E-state index contributed by atoms with van der Waals surface area (Å²) >= 11 is 0.438. The molecule has 1 aliphatic carbocycles. The number of benzene rings is 1. The van der Waals surface area contributed by atoms with Crippen LogP contribution in [0.1, 0.15) is 60.7 Å². The molecule has 3 aromatic rings. The van der Waals surface area contributed by atoms with Crippen LogP contribution in [0.25, 0.3) is 10.2 Å². The number of alkyl halides is 3. The predicted octanol–water partition coefficient (Wildman–Crippen LogP) is 4.70. The molecule has 1 N–H and O–H groups in total. The first-order valence-electron chi connectivity index (χ1n) is 9.46. The molecule has 4 rings (SSSR count). The van der Waals surface area contributed by atoms with Gasteiger partial charge in [0.05, 0.1) is 22.0 Å². The van der Waals surface area contributed by atoms with Gasteiger partial charge in [-0.25, -0.2) is 4.98 Å². The zero-order valence-electron chi connectivity index (χ0n) is 16.5. The fraction of sp³-hybridized carbons (Fsp3) is 0.400. The smallest absolute Gasteiger partial charge is 0.443 e. The molecular weight excluding hydrogens is 433 g/mol. The van der Waals surface area contributed by atoms with Gasteiger partial charge in [-0.15, -0.1) is 11.3 Å². The Hall–Kier alpha value is -3.13. The van der Waals surface area contributed by atoms with E-state index in [9.17, 15) is 23.2 Å². The van der Waals surface area contributed by atoms with E-state index in [1.165, 1.54) is 19.1 Å². The highest BCUT2D eigenvalue weighted by Crippen LogP contribution is 2.42. The largest absolute Gasteiger partial charge is 0.489 e.